The highest BCUT2D eigenvalue weighted by Gasteiger charge is 2.42. The highest BCUT2D eigenvalue weighted by molar-refractivity contribution is 5.96. The molecular formula is C31H40N2O12. The number of aromatic nitrogens is 1. The summed E-state index contributed by atoms with van der Waals surface area (Å²) in [6.45, 7) is 5.41. The number of hydrogen-bond donors (Lipinski definition) is 2. The minimum absolute atomic E-state index is 0.0106. The first-order valence-electron chi connectivity index (χ1n) is 14.4. The van der Waals surface area contributed by atoms with Crippen molar-refractivity contribution >= 4 is 23.8 Å². The van der Waals surface area contributed by atoms with E-state index in [0.29, 0.717) is 0 Å². The highest BCUT2D eigenvalue weighted by Crippen LogP contribution is 2.30. The standard InChI is InChI=1S/C31H40N2O12/c1-18(2)29(36)45-26-19(3)44-31(38)23(16-42-30(37)22(26)15-21-9-7-6-8-10-21)33-28(35)25-27(24(39-5)11-12-32-25)43-17-40-13-14-41-20(4)34/h6-12,18-19,22-23,26,31,38H,13-17H2,1-5H3,(H,33,35)/t19-,22?,23-,26-,31?/m0/s1. The normalized spacial score (nSPS) is 21.8. The zero-order valence-electron chi connectivity index (χ0n) is 25.9. The molecule has 1 aromatic heterocycles. The Morgan fingerprint density at radius 3 is 2.53 bits per heavy atom. The quantitative estimate of drug-likeness (QED) is 0.142. The first-order valence-corrected chi connectivity index (χ1v) is 14.4. The number of hydrogen-bond acceptors (Lipinski definition) is 13. The highest BCUT2D eigenvalue weighted by atomic mass is 16.7. The monoisotopic (exact) mass is 632 g/mol. The third-order valence-corrected chi connectivity index (χ3v) is 6.73. The van der Waals surface area contributed by atoms with E-state index in [0.717, 1.165) is 5.56 Å². The molecule has 14 heteroatoms. The van der Waals surface area contributed by atoms with E-state index >= 15 is 0 Å². The van der Waals surface area contributed by atoms with Gasteiger partial charge in [-0.1, -0.05) is 44.2 Å². The first-order chi connectivity index (χ1) is 21.5. The maximum Gasteiger partial charge on any atom is 0.313 e. The number of aliphatic hydroxyl groups is 1. The van der Waals surface area contributed by atoms with Crippen molar-refractivity contribution in [3.05, 3.63) is 53.9 Å². The van der Waals surface area contributed by atoms with Gasteiger partial charge in [0.1, 0.15) is 31.3 Å². The number of ether oxygens (including phenoxy) is 7. The van der Waals surface area contributed by atoms with Crippen LogP contribution in [-0.2, 0) is 44.5 Å². The summed E-state index contributed by atoms with van der Waals surface area (Å²) < 4.78 is 38.1. The molecule has 1 fully saturated rings. The van der Waals surface area contributed by atoms with Crippen LogP contribution in [0, 0.1) is 11.8 Å². The number of carbonyl (C=O) groups excluding carboxylic acids is 4. The summed E-state index contributed by atoms with van der Waals surface area (Å²) in [5.41, 5.74) is 0.587. The third kappa shape index (κ3) is 10.4. The molecule has 1 saturated heterocycles. The van der Waals surface area contributed by atoms with Crippen molar-refractivity contribution < 1.29 is 57.4 Å². The lowest BCUT2D eigenvalue weighted by Gasteiger charge is -2.31. The fourth-order valence-corrected chi connectivity index (χ4v) is 4.38. The van der Waals surface area contributed by atoms with Gasteiger partial charge in [-0.3, -0.25) is 19.2 Å². The Hall–Kier alpha value is -4.27. The van der Waals surface area contributed by atoms with E-state index in [4.69, 9.17) is 33.2 Å². The van der Waals surface area contributed by atoms with Crippen LogP contribution in [0.1, 0.15) is 43.7 Å². The lowest BCUT2D eigenvalue weighted by Crippen LogP contribution is -2.49. The van der Waals surface area contributed by atoms with Gasteiger partial charge in [0.15, 0.2) is 30.3 Å². The largest absolute Gasteiger partial charge is 0.493 e. The molecule has 45 heavy (non-hydrogen) atoms. The molecule has 2 N–H and O–H groups in total. The molecule has 0 spiro atoms. The fourth-order valence-electron chi connectivity index (χ4n) is 4.38. The van der Waals surface area contributed by atoms with E-state index in [9.17, 15) is 24.3 Å². The van der Waals surface area contributed by atoms with Crippen molar-refractivity contribution in [2.75, 3.05) is 33.7 Å². The predicted octanol–water partition coefficient (Wildman–Crippen LogP) is 1.81. The first kappa shape index (κ1) is 35.2. The number of methoxy groups -OCH3 is 1. The van der Waals surface area contributed by atoms with Crippen LogP contribution in [0.15, 0.2) is 42.6 Å². The Morgan fingerprint density at radius 1 is 1.13 bits per heavy atom. The number of rotatable bonds is 13. The Kier molecular flexibility index (Phi) is 13.5. The second-order valence-electron chi connectivity index (χ2n) is 10.5. The number of carbonyl (C=O) groups is 4. The van der Waals surface area contributed by atoms with E-state index in [1.807, 2.05) is 30.3 Å². The van der Waals surface area contributed by atoms with Gasteiger partial charge in [-0.2, -0.15) is 0 Å². The molecule has 1 aromatic carbocycles. The van der Waals surface area contributed by atoms with E-state index < -0.39 is 66.8 Å². The summed E-state index contributed by atoms with van der Waals surface area (Å²) in [5.74, 6) is -3.84. The molecule has 1 aliphatic rings. The summed E-state index contributed by atoms with van der Waals surface area (Å²) >= 11 is 0. The van der Waals surface area contributed by atoms with Gasteiger partial charge in [0, 0.05) is 19.2 Å². The Morgan fingerprint density at radius 2 is 1.87 bits per heavy atom. The van der Waals surface area contributed by atoms with Crippen LogP contribution in [0.4, 0.5) is 0 Å². The SMILES string of the molecule is COc1ccnc(C(=O)N[C@H]2COC(=O)C(Cc3ccccc3)[C@@H](OC(=O)C(C)C)[C@H](C)OC2O)c1OCOCCOC(C)=O. The van der Waals surface area contributed by atoms with Gasteiger partial charge in [-0.25, -0.2) is 4.98 Å². The lowest BCUT2D eigenvalue weighted by atomic mass is 9.91. The summed E-state index contributed by atoms with van der Waals surface area (Å²) in [5, 5.41) is 13.6. The second-order valence-corrected chi connectivity index (χ2v) is 10.5. The Balaban J connectivity index is 1.79. The maximum absolute atomic E-state index is 13.5. The smallest absolute Gasteiger partial charge is 0.313 e. The van der Waals surface area contributed by atoms with Crippen molar-refractivity contribution in [2.45, 2.75) is 58.7 Å². The molecule has 2 heterocycles. The second kappa shape index (κ2) is 17.3. The molecule has 0 radical (unpaired) electrons. The summed E-state index contributed by atoms with van der Waals surface area (Å²) in [7, 11) is 1.37. The summed E-state index contributed by atoms with van der Waals surface area (Å²) in [4.78, 5) is 54.5. The van der Waals surface area contributed by atoms with Gasteiger partial charge in [0.25, 0.3) is 5.91 Å². The van der Waals surface area contributed by atoms with Crippen LogP contribution in [0.25, 0.3) is 0 Å². The minimum Gasteiger partial charge on any atom is -0.493 e. The van der Waals surface area contributed by atoms with E-state index in [2.05, 4.69) is 10.3 Å². The molecule has 3 rings (SSSR count). The number of aliphatic hydroxyl groups excluding tert-OH is 1. The van der Waals surface area contributed by atoms with Gasteiger partial charge in [0.2, 0.25) is 0 Å². The minimum atomic E-state index is -1.67. The number of esters is 3. The van der Waals surface area contributed by atoms with Crippen molar-refractivity contribution in [3.63, 3.8) is 0 Å². The summed E-state index contributed by atoms with van der Waals surface area (Å²) in [6, 6.07) is 9.36. The van der Waals surface area contributed by atoms with Crippen molar-refractivity contribution in [3.8, 4) is 11.5 Å². The van der Waals surface area contributed by atoms with Crippen molar-refractivity contribution in [1.82, 2.24) is 10.3 Å². The van der Waals surface area contributed by atoms with Crippen molar-refractivity contribution in [1.29, 1.82) is 0 Å². The maximum atomic E-state index is 13.5. The number of pyridine rings is 1. The van der Waals surface area contributed by atoms with E-state index in [-0.39, 0.29) is 43.6 Å². The van der Waals surface area contributed by atoms with Crippen LogP contribution in [0.3, 0.4) is 0 Å². The van der Waals surface area contributed by atoms with Crippen LogP contribution in [0.5, 0.6) is 11.5 Å². The molecule has 2 aromatic rings. The molecule has 14 nitrogen and oxygen atoms in total. The van der Waals surface area contributed by atoms with Gasteiger partial charge in [0.05, 0.1) is 25.7 Å². The number of nitrogens with zero attached hydrogens (tertiary/aromatic N) is 1. The molecule has 5 atom stereocenters. The molecule has 0 aliphatic carbocycles. The van der Waals surface area contributed by atoms with Gasteiger partial charge in [-0.15, -0.1) is 0 Å². The number of cyclic esters (lactones) is 1. The van der Waals surface area contributed by atoms with E-state index in [1.165, 1.54) is 26.3 Å². The summed E-state index contributed by atoms with van der Waals surface area (Å²) in [6.07, 6.45) is -2.25. The third-order valence-electron chi connectivity index (χ3n) is 6.73. The van der Waals surface area contributed by atoms with Gasteiger partial charge >= 0.3 is 17.9 Å². The lowest BCUT2D eigenvalue weighted by molar-refractivity contribution is -0.194. The van der Waals surface area contributed by atoms with E-state index in [1.54, 1.807) is 20.8 Å². The molecule has 1 aliphatic heterocycles. The Labute approximate surface area is 261 Å². The van der Waals surface area contributed by atoms with Crippen LogP contribution in [0.2, 0.25) is 0 Å². The molecule has 2 unspecified atom stereocenters. The van der Waals surface area contributed by atoms with Gasteiger partial charge in [-0.05, 0) is 18.9 Å². The number of benzene rings is 1. The zero-order chi connectivity index (χ0) is 32.9. The average Bonchev–Trinajstić information content (AvgIpc) is 3.04. The average molecular weight is 633 g/mol. The number of nitrogens with one attached hydrogen (secondary N) is 1. The Bertz CT molecular complexity index is 1290. The molecule has 0 saturated carbocycles. The predicted molar refractivity (Wildman–Crippen MR) is 156 cm³/mol. The molecule has 246 valence electrons. The van der Waals surface area contributed by atoms with Crippen LogP contribution < -0.4 is 14.8 Å². The molecule has 1 amide bonds. The molecule has 0 bridgehead atoms. The fraction of sp³-hybridized carbons (Fsp3) is 0.516. The van der Waals surface area contributed by atoms with Crippen LogP contribution >= 0.6 is 0 Å². The zero-order valence-corrected chi connectivity index (χ0v) is 25.9. The topological polar surface area (TPSA) is 178 Å². The molecular weight excluding hydrogens is 592 g/mol. The van der Waals surface area contributed by atoms with Crippen LogP contribution in [-0.4, -0.2) is 92.2 Å². The number of amides is 1. The van der Waals surface area contributed by atoms with Gasteiger partial charge < -0.3 is 43.6 Å². The van der Waals surface area contributed by atoms with Crippen molar-refractivity contribution in [2.24, 2.45) is 11.8 Å².